The number of nitrogens with two attached hydrogens (primary N) is 1. The van der Waals surface area contributed by atoms with Gasteiger partial charge in [-0.3, -0.25) is 4.79 Å². The van der Waals surface area contributed by atoms with Gasteiger partial charge in [0.1, 0.15) is 0 Å². The Balaban J connectivity index is 2.40. The summed E-state index contributed by atoms with van der Waals surface area (Å²) in [6, 6.07) is -0.496. The molecule has 110 valence electrons. The molecule has 1 rings (SSSR count). The largest absolute Gasteiger partial charge is 0.352 e. The van der Waals surface area contributed by atoms with Gasteiger partial charge in [-0.05, 0) is 25.3 Å². The van der Waals surface area contributed by atoms with Crippen LogP contribution in [0.4, 0.5) is 4.79 Å². The van der Waals surface area contributed by atoms with Crippen LogP contribution >= 0.6 is 0 Å². The maximum absolute atomic E-state index is 12.3. The molecule has 0 radical (unpaired) electrons. The molecule has 6 heteroatoms. The summed E-state index contributed by atoms with van der Waals surface area (Å²) in [4.78, 5) is 24.9. The standard InChI is InChI=1S/C13H26N4O2/c1-3-15-7-10(2)12(18)17-6-4-5-11(9-17)8-16-13(14)19/h10-11,15H,3-9H2,1-2H3,(H3,14,16,19). The van der Waals surface area contributed by atoms with E-state index in [9.17, 15) is 9.59 Å². The van der Waals surface area contributed by atoms with Crippen molar-refractivity contribution < 1.29 is 9.59 Å². The minimum atomic E-state index is -0.496. The van der Waals surface area contributed by atoms with E-state index in [1.165, 1.54) is 0 Å². The Hall–Kier alpha value is -1.30. The van der Waals surface area contributed by atoms with Gasteiger partial charge in [0, 0.05) is 32.1 Å². The third-order valence-corrected chi connectivity index (χ3v) is 3.52. The van der Waals surface area contributed by atoms with Crippen LogP contribution in [0.1, 0.15) is 26.7 Å². The van der Waals surface area contributed by atoms with Crippen molar-refractivity contribution in [2.75, 3.05) is 32.7 Å². The molecule has 1 saturated heterocycles. The first-order chi connectivity index (χ1) is 9.04. The number of nitrogens with zero attached hydrogens (tertiary/aromatic N) is 1. The molecule has 19 heavy (non-hydrogen) atoms. The summed E-state index contributed by atoms with van der Waals surface area (Å²) in [6.45, 7) is 7.68. The molecule has 0 aromatic heterocycles. The molecule has 0 aromatic carbocycles. The van der Waals surface area contributed by atoms with Crippen molar-refractivity contribution in [1.82, 2.24) is 15.5 Å². The number of carbonyl (C=O) groups excluding carboxylic acids is 2. The van der Waals surface area contributed by atoms with E-state index in [1.54, 1.807) is 0 Å². The van der Waals surface area contributed by atoms with E-state index in [4.69, 9.17) is 5.73 Å². The smallest absolute Gasteiger partial charge is 0.312 e. The maximum Gasteiger partial charge on any atom is 0.312 e. The number of likely N-dealkylation sites (tertiary alicyclic amines) is 1. The molecule has 2 unspecified atom stereocenters. The van der Waals surface area contributed by atoms with Crippen LogP contribution in [0.25, 0.3) is 0 Å². The lowest BCUT2D eigenvalue weighted by Crippen LogP contribution is -2.47. The number of rotatable bonds is 6. The third kappa shape index (κ3) is 5.46. The molecule has 0 spiro atoms. The van der Waals surface area contributed by atoms with Crippen LogP contribution in [0.15, 0.2) is 0 Å². The van der Waals surface area contributed by atoms with Gasteiger partial charge < -0.3 is 21.3 Å². The summed E-state index contributed by atoms with van der Waals surface area (Å²) in [5.41, 5.74) is 5.07. The average Bonchev–Trinajstić information content (AvgIpc) is 2.42. The first-order valence-electron chi connectivity index (χ1n) is 7.07. The van der Waals surface area contributed by atoms with Crippen LogP contribution in [-0.4, -0.2) is 49.6 Å². The fraction of sp³-hybridized carbons (Fsp3) is 0.846. The normalized spacial score (nSPS) is 20.9. The Morgan fingerprint density at radius 1 is 1.47 bits per heavy atom. The molecule has 0 saturated carbocycles. The molecule has 1 aliphatic heterocycles. The molecule has 1 heterocycles. The molecule has 3 amide bonds. The summed E-state index contributed by atoms with van der Waals surface area (Å²) < 4.78 is 0. The van der Waals surface area contributed by atoms with Crippen LogP contribution in [0, 0.1) is 11.8 Å². The summed E-state index contributed by atoms with van der Waals surface area (Å²) in [5, 5.41) is 5.83. The van der Waals surface area contributed by atoms with E-state index in [1.807, 2.05) is 18.7 Å². The van der Waals surface area contributed by atoms with E-state index in [-0.39, 0.29) is 11.8 Å². The lowest BCUT2D eigenvalue weighted by molar-refractivity contribution is -0.136. The number of carbonyl (C=O) groups is 2. The first-order valence-corrected chi connectivity index (χ1v) is 7.07. The number of hydrogen-bond donors (Lipinski definition) is 3. The van der Waals surface area contributed by atoms with Crippen molar-refractivity contribution in [3.8, 4) is 0 Å². The van der Waals surface area contributed by atoms with Gasteiger partial charge in [-0.2, -0.15) is 0 Å². The van der Waals surface area contributed by atoms with Gasteiger partial charge in [0.25, 0.3) is 0 Å². The van der Waals surface area contributed by atoms with E-state index in [0.29, 0.717) is 12.5 Å². The number of nitrogens with one attached hydrogen (secondary N) is 2. The fourth-order valence-corrected chi connectivity index (χ4v) is 2.44. The zero-order valence-corrected chi connectivity index (χ0v) is 11.9. The second-order valence-electron chi connectivity index (χ2n) is 5.25. The highest BCUT2D eigenvalue weighted by molar-refractivity contribution is 5.78. The van der Waals surface area contributed by atoms with Crippen molar-refractivity contribution in [1.29, 1.82) is 0 Å². The Morgan fingerprint density at radius 3 is 2.84 bits per heavy atom. The number of primary amides is 1. The van der Waals surface area contributed by atoms with Gasteiger partial charge >= 0.3 is 6.03 Å². The lowest BCUT2D eigenvalue weighted by atomic mass is 9.96. The quantitative estimate of drug-likeness (QED) is 0.641. The predicted molar refractivity (Wildman–Crippen MR) is 74.6 cm³/mol. The molecule has 2 atom stereocenters. The monoisotopic (exact) mass is 270 g/mol. The summed E-state index contributed by atoms with van der Waals surface area (Å²) >= 11 is 0. The first kappa shape index (κ1) is 15.8. The zero-order valence-electron chi connectivity index (χ0n) is 11.9. The Kier molecular flexibility index (Phi) is 6.62. The molecule has 6 nitrogen and oxygen atoms in total. The molecule has 4 N–H and O–H groups in total. The minimum Gasteiger partial charge on any atom is -0.352 e. The van der Waals surface area contributed by atoms with Gasteiger partial charge in [0.15, 0.2) is 0 Å². The van der Waals surface area contributed by atoms with Gasteiger partial charge in [0.2, 0.25) is 5.91 Å². The highest BCUT2D eigenvalue weighted by Gasteiger charge is 2.26. The van der Waals surface area contributed by atoms with Crippen LogP contribution in [0.5, 0.6) is 0 Å². The highest BCUT2D eigenvalue weighted by Crippen LogP contribution is 2.17. The Bertz CT molecular complexity index is 309. The Morgan fingerprint density at radius 2 is 2.21 bits per heavy atom. The van der Waals surface area contributed by atoms with Crippen LogP contribution < -0.4 is 16.4 Å². The summed E-state index contributed by atoms with van der Waals surface area (Å²) in [7, 11) is 0. The second-order valence-corrected chi connectivity index (χ2v) is 5.25. The SMILES string of the molecule is CCNCC(C)C(=O)N1CCCC(CNC(N)=O)C1. The number of amides is 3. The van der Waals surface area contributed by atoms with E-state index in [0.717, 1.165) is 39.0 Å². The van der Waals surface area contributed by atoms with Gasteiger partial charge in [-0.15, -0.1) is 0 Å². The number of hydrogen-bond acceptors (Lipinski definition) is 3. The highest BCUT2D eigenvalue weighted by atomic mass is 16.2. The fourth-order valence-electron chi connectivity index (χ4n) is 2.44. The number of piperidine rings is 1. The predicted octanol–water partition coefficient (Wildman–Crippen LogP) is 0.139. The number of urea groups is 1. The molecular weight excluding hydrogens is 244 g/mol. The zero-order chi connectivity index (χ0) is 14.3. The van der Waals surface area contributed by atoms with Crippen molar-refractivity contribution in [3.63, 3.8) is 0 Å². The molecule has 1 aliphatic rings. The van der Waals surface area contributed by atoms with Gasteiger partial charge in [-0.1, -0.05) is 13.8 Å². The Labute approximate surface area is 115 Å². The van der Waals surface area contributed by atoms with Crippen molar-refractivity contribution in [3.05, 3.63) is 0 Å². The minimum absolute atomic E-state index is 0.00259. The molecular formula is C13H26N4O2. The van der Waals surface area contributed by atoms with Crippen LogP contribution in [0.2, 0.25) is 0 Å². The average molecular weight is 270 g/mol. The van der Waals surface area contributed by atoms with Crippen LogP contribution in [0.3, 0.4) is 0 Å². The maximum atomic E-state index is 12.3. The van der Waals surface area contributed by atoms with E-state index in [2.05, 4.69) is 10.6 Å². The van der Waals surface area contributed by atoms with Gasteiger partial charge in [0.05, 0.1) is 0 Å². The van der Waals surface area contributed by atoms with E-state index >= 15 is 0 Å². The van der Waals surface area contributed by atoms with Crippen molar-refractivity contribution in [2.45, 2.75) is 26.7 Å². The lowest BCUT2D eigenvalue weighted by Gasteiger charge is -2.34. The molecule has 0 aromatic rings. The van der Waals surface area contributed by atoms with Gasteiger partial charge in [-0.25, -0.2) is 4.79 Å². The molecule has 0 bridgehead atoms. The summed E-state index contributed by atoms with van der Waals surface area (Å²) in [6.07, 6.45) is 2.02. The van der Waals surface area contributed by atoms with Crippen molar-refractivity contribution >= 4 is 11.9 Å². The summed E-state index contributed by atoms with van der Waals surface area (Å²) in [5.74, 6) is 0.518. The second kappa shape index (κ2) is 7.99. The van der Waals surface area contributed by atoms with E-state index < -0.39 is 6.03 Å². The van der Waals surface area contributed by atoms with Crippen LogP contribution in [-0.2, 0) is 4.79 Å². The topological polar surface area (TPSA) is 87.5 Å². The van der Waals surface area contributed by atoms with Crippen molar-refractivity contribution in [2.24, 2.45) is 17.6 Å². The molecule has 1 fully saturated rings. The third-order valence-electron chi connectivity index (χ3n) is 3.52. The molecule has 0 aliphatic carbocycles.